The zero-order valence-electron chi connectivity index (χ0n) is 12.7. The van der Waals surface area contributed by atoms with Gasteiger partial charge in [-0.3, -0.25) is 15.0 Å². The lowest BCUT2D eigenvalue weighted by molar-refractivity contribution is 0.829. The van der Waals surface area contributed by atoms with Crippen molar-refractivity contribution < 1.29 is 0 Å². The van der Waals surface area contributed by atoms with Crippen LogP contribution in [-0.4, -0.2) is 34.3 Å². The number of nitrogens with one attached hydrogen (secondary N) is 2. The highest BCUT2D eigenvalue weighted by atomic mass is 32.1. The number of fused-ring (bicyclic) bond motifs is 3. The number of aromatic nitrogens is 7. The molecule has 0 saturated heterocycles. The van der Waals surface area contributed by atoms with E-state index < -0.39 is 0 Å². The summed E-state index contributed by atoms with van der Waals surface area (Å²) in [6, 6.07) is 1.98. The van der Waals surface area contributed by atoms with Crippen LogP contribution in [0, 0.1) is 18.6 Å². The van der Waals surface area contributed by atoms with Crippen LogP contribution in [0.4, 0.5) is 0 Å². The van der Waals surface area contributed by atoms with Gasteiger partial charge in [-0.2, -0.15) is 9.50 Å². The normalized spacial score (nSPS) is 11.6. The molecule has 2 N–H and O–H groups in total. The predicted octanol–water partition coefficient (Wildman–Crippen LogP) is 1.65. The Morgan fingerprint density at radius 2 is 2.00 bits per heavy atom. The lowest BCUT2D eigenvalue weighted by Gasteiger charge is -2.05. The standard InChI is InChI=1S/C14H13N7OS/c1-6-4-7(2)15-11-9(6)12-20(3)5-8(13(22)21(12)19-11)10-16-14(23)18-17-10/h4-5H,1-3H3,(H2,16,17,18,23). The Bertz CT molecular complexity index is 1190. The van der Waals surface area contributed by atoms with E-state index in [1.165, 1.54) is 4.52 Å². The first-order chi connectivity index (χ1) is 11.0. The molecule has 4 heterocycles. The Morgan fingerprint density at radius 3 is 2.70 bits per heavy atom. The maximum Gasteiger partial charge on any atom is 0.285 e. The summed E-state index contributed by atoms with van der Waals surface area (Å²) in [5, 5.41) is 10.7. The van der Waals surface area contributed by atoms with Gasteiger partial charge in [0.15, 0.2) is 11.5 Å². The molecule has 116 valence electrons. The van der Waals surface area contributed by atoms with E-state index in [0.717, 1.165) is 16.6 Å². The molecule has 8 nitrogen and oxygen atoms in total. The quantitative estimate of drug-likeness (QED) is 0.518. The second-order valence-corrected chi connectivity index (χ2v) is 5.88. The van der Waals surface area contributed by atoms with Crippen LogP contribution in [0.3, 0.4) is 0 Å². The van der Waals surface area contributed by atoms with Gasteiger partial charge in [-0.1, -0.05) is 0 Å². The van der Waals surface area contributed by atoms with Gasteiger partial charge in [0.25, 0.3) is 5.56 Å². The van der Waals surface area contributed by atoms with Crippen LogP contribution >= 0.6 is 12.2 Å². The molecule has 4 aromatic rings. The van der Waals surface area contributed by atoms with E-state index in [4.69, 9.17) is 12.2 Å². The largest absolute Gasteiger partial charge is 0.334 e. The molecule has 23 heavy (non-hydrogen) atoms. The van der Waals surface area contributed by atoms with Crippen molar-refractivity contribution in [2.45, 2.75) is 13.8 Å². The molecule has 0 saturated carbocycles. The fourth-order valence-electron chi connectivity index (χ4n) is 2.87. The molecule has 0 bridgehead atoms. The molecule has 0 radical (unpaired) electrons. The molecule has 0 aromatic carbocycles. The van der Waals surface area contributed by atoms with Crippen molar-refractivity contribution in [3.63, 3.8) is 0 Å². The molecule has 0 aliphatic carbocycles. The molecule has 0 fully saturated rings. The van der Waals surface area contributed by atoms with Crippen LogP contribution in [0.2, 0.25) is 0 Å². The smallest absolute Gasteiger partial charge is 0.285 e. The Kier molecular flexibility index (Phi) is 2.76. The summed E-state index contributed by atoms with van der Waals surface area (Å²) in [6.45, 7) is 3.89. The number of aryl methyl sites for hydroxylation is 3. The summed E-state index contributed by atoms with van der Waals surface area (Å²) >= 11 is 4.95. The highest BCUT2D eigenvalue weighted by molar-refractivity contribution is 7.71. The molecule has 0 unspecified atom stereocenters. The number of hydrogen-bond donors (Lipinski definition) is 2. The number of pyridine rings is 1. The Labute approximate surface area is 134 Å². The molecular weight excluding hydrogens is 314 g/mol. The molecule has 4 aromatic heterocycles. The molecule has 0 spiro atoms. The summed E-state index contributed by atoms with van der Waals surface area (Å²) < 4.78 is 3.51. The van der Waals surface area contributed by atoms with E-state index in [1.807, 2.05) is 31.5 Å². The first-order valence-electron chi connectivity index (χ1n) is 6.97. The average molecular weight is 327 g/mol. The summed E-state index contributed by atoms with van der Waals surface area (Å²) in [5.74, 6) is 0.387. The maximum atomic E-state index is 12.8. The lowest BCUT2D eigenvalue weighted by atomic mass is 10.2. The minimum Gasteiger partial charge on any atom is -0.334 e. The third-order valence-corrected chi connectivity index (χ3v) is 3.97. The van der Waals surface area contributed by atoms with Crippen LogP contribution in [0.5, 0.6) is 0 Å². The van der Waals surface area contributed by atoms with Crippen LogP contribution in [0.25, 0.3) is 28.1 Å². The fourth-order valence-corrected chi connectivity index (χ4v) is 3.01. The van der Waals surface area contributed by atoms with Crippen molar-refractivity contribution in [3.8, 4) is 11.4 Å². The molecule has 0 amide bonds. The second kappa shape index (κ2) is 4.59. The number of rotatable bonds is 1. The van der Waals surface area contributed by atoms with E-state index in [2.05, 4.69) is 25.3 Å². The molecule has 0 aliphatic rings. The van der Waals surface area contributed by atoms with Gasteiger partial charge in [-0.15, -0.1) is 5.10 Å². The van der Waals surface area contributed by atoms with Gasteiger partial charge in [-0.05, 0) is 37.7 Å². The third-order valence-electron chi connectivity index (χ3n) is 3.78. The summed E-state index contributed by atoms with van der Waals surface area (Å²) in [6.07, 6.45) is 1.72. The number of H-pyrrole nitrogens is 2. The molecule has 0 atom stereocenters. The van der Waals surface area contributed by atoms with Crippen LogP contribution in [0.15, 0.2) is 17.1 Å². The summed E-state index contributed by atoms with van der Waals surface area (Å²) in [7, 11) is 1.86. The van der Waals surface area contributed by atoms with Crippen LogP contribution in [-0.2, 0) is 7.05 Å². The highest BCUT2D eigenvalue weighted by Crippen LogP contribution is 2.22. The average Bonchev–Trinajstić information content (AvgIpc) is 3.06. The number of nitrogens with zero attached hydrogens (tertiary/aromatic N) is 5. The molecule has 0 aliphatic heterocycles. The third kappa shape index (κ3) is 1.93. The molecular formula is C14H13N7OS. The van der Waals surface area contributed by atoms with Gasteiger partial charge in [0.2, 0.25) is 4.77 Å². The SMILES string of the molecule is Cc1cc(C)c2c(n1)nn1c(=O)c(-c3nc(=S)[nH][nH]3)cn(C)c21. The van der Waals surface area contributed by atoms with Crippen molar-refractivity contribution in [1.82, 2.24) is 34.3 Å². The van der Waals surface area contributed by atoms with Crippen LogP contribution in [0.1, 0.15) is 11.3 Å². The highest BCUT2D eigenvalue weighted by Gasteiger charge is 2.18. The monoisotopic (exact) mass is 327 g/mol. The van der Waals surface area contributed by atoms with Gasteiger partial charge in [-0.25, -0.2) is 4.98 Å². The van der Waals surface area contributed by atoms with Crippen molar-refractivity contribution in [2.75, 3.05) is 0 Å². The maximum absolute atomic E-state index is 12.8. The van der Waals surface area contributed by atoms with Crippen molar-refractivity contribution >= 4 is 28.9 Å². The first kappa shape index (κ1) is 13.8. The second-order valence-electron chi connectivity index (χ2n) is 5.49. The van der Waals surface area contributed by atoms with E-state index >= 15 is 0 Å². The Balaban J connectivity index is 2.18. The zero-order chi connectivity index (χ0) is 16.3. The fraction of sp³-hybridized carbons (Fsp3) is 0.214. The minimum atomic E-state index is -0.272. The van der Waals surface area contributed by atoms with Gasteiger partial charge in [0.1, 0.15) is 11.2 Å². The van der Waals surface area contributed by atoms with Crippen molar-refractivity contribution in [2.24, 2.45) is 7.05 Å². The van der Waals surface area contributed by atoms with E-state index in [0.29, 0.717) is 27.5 Å². The van der Waals surface area contributed by atoms with Crippen molar-refractivity contribution in [3.05, 3.63) is 38.6 Å². The predicted molar refractivity (Wildman–Crippen MR) is 88.0 cm³/mol. The summed E-state index contributed by atoms with van der Waals surface area (Å²) in [5.41, 5.74) is 3.27. The number of aromatic amines is 2. The van der Waals surface area contributed by atoms with E-state index in [-0.39, 0.29) is 5.56 Å². The van der Waals surface area contributed by atoms with Crippen molar-refractivity contribution in [1.29, 1.82) is 0 Å². The Hall–Kier alpha value is -2.81. The topological polar surface area (TPSA) is 96.7 Å². The molecule has 9 heteroatoms. The van der Waals surface area contributed by atoms with Gasteiger partial charge in [0.05, 0.1) is 5.39 Å². The van der Waals surface area contributed by atoms with E-state index in [9.17, 15) is 4.79 Å². The first-order valence-corrected chi connectivity index (χ1v) is 7.38. The minimum absolute atomic E-state index is 0.272. The van der Waals surface area contributed by atoms with Gasteiger partial charge in [0, 0.05) is 18.9 Å². The lowest BCUT2D eigenvalue weighted by Crippen LogP contribution is -2.20. The van der Waals surface area contributed by atoms with Crippen LogP contribution < -0.4 is 5.56 Å². The number of hydrogen-bond acceptors (Lipinski definition) is 5. The Morgan fingerprint density at radius 1 is 1.22 bits per heavy atom. The van der Waals surface area contributed by atoms with Gasteiger partial charge >= 0.3 is 0 Å². The van der Waals surface area contributed by atoms with Gasteiger partial charge < -0.3 is 4.57 Å². The zero-order valence-corrected chi connectivity index (χ0v) is 13.5. The molecule has 4 rings (SSSR count). The summed E-state index contributed by atoms with van der Waals surface area (Å²) in [4.78, 5) is 21.3. The van der Waals surface area contributed by atoms with E-state index in [1.54, 1.807) is 6.20 Å².